The summed E-state index contributed by atoms with van der Waals surface area (Å²) >= 11 is 5.74. The van der Waals surface area contributed by atoms with Crippen LogP contribution in [-0.2, 0) is 4.79 Å². The van der Waals surface area contributed by atoms with Crippen LogP contribution in [0, 0.1) is 10.1 Å². The molecule has 2 N–H and O–H groups in total. The number of hydrazone groups is 1. The number of carbonyl (C=O) groups excluding carboxylic acids is 1. The molecular formula is C16H14ClN3O6. The van der Waals surface area contributed by atoms with E-state index in [2.05, 4.69) is 10.5 Å². The zero-order valence-electron chi connectivity index (χ0n) is 13.5. The summed E-state index contributed by atoms with van der Waals surface area (Å²) in [6.45, 7) is -0.302. The number of nitro groups is 1. The van der Waals surface area contributed by atoms with Crippen LogP contribution in [0.15, 0.2) is 41.5 Å². The highest BCUT2D eigenvalue weighted by molar-refractivity contribution is 6.30. The zero-order chi connectivity index (χ0) is 19.1. The third kappa shape index (κ3) is 5.08. The number of halogens is 1. The number of ether oxygens (including phenoxy) is 2. The number of phenols is 1. The average Bonchev–Trinajstić information content (AvgIpc) is 2.62. The summed E-state index contributed by atoms with van der Waals surface area (Å²) in [4.78, 5) is 21.8. The van der Waals surface area contributed by atoms with Gasteiger partial charge in [0.05, 0.1) is 24.3 Å². The lowest BCUT2D eigenvalue weighted by Gasteiger charge is -2.06. The van der Waals surface area contributed by atoms with Gasteiger partial charge in [0.15, 0.2) is 6.61 Å². The summed E-state index contributed by atoms with van der Waals surface area (Å²) in [5, 5.41) is 25.0. The van der Waals surface area contributed by atoms with E-state index >= 15 is 0 Å². The summed E-state index contributed by atoms with van der Waals surface area (Å²) in [6, 6.07) is 8.85. The third-order valence-corrected chi connectivity index (χ3v) is 3.35. The fraction of sp³-hybridized carbons (Fsp3) is 0.125. The molecule has 0 aromatic heterocycles. The Morgan fingerprint density at radius 1 is 1.35 bits per heavy atom. The molecule has 0 heterocycles. The van der Waals surface area contributed by atoms with Crippen molar-refractivity contribution in [3.63, 3.8) is 0 Å². The van der Waals surface area contributed by atoms with Crippen LogP contribution in [0.2, 0.25) is 5.02 Å². The molecule has 136 valence electrons. The van der Waals surface area contributed by atoms with Gasteiger partial charge in [-0.2, -0.15) is 5.10 Å². The molecule has 26 heavy (non-hydrogen) atoms. The van der Waals surface area contributed by atoms with Crippen molar-refractivity contribution >= 4 is 29.4 Å². The number of rotatable bonds is 7. The topological polar surface area (TPSA) is 123 Å². The minimum Gasteiger partial charge on any atom is -0.502 e. The number of nitrogens with zero attached hydrogens (tertiary/aromatic N) is 2. The van der Waals surface area contributed by atoms with Gasteiger partial charge in [-0.15, -0.1) is 0 Å². The predicted molar refractivity (Wildman–Crippen MR) is 94.0 cm³/mol. The Morgan fingerprint density at radius 2 is 2.04 bits per heavy atom. The highest BCUT2D eigenvalue weighted by Gasteiger charge is 2.18. The molecule has 9 nitrogen and oxygen atoms in total. The van der Waals surface area contributed by atoms with Crippen molar-refractivity contribution in [3.05, 3.63) is 57.1 Å². The minimum absolute atomic E-state index is 0.00923. The van der Waals surface area contributed by atoms with E-state index in [9.17, 15) is 20.0 Å². The number of nitrogens with one attached hydrogen (secondary N) is 1. The second-order valence-corrected chi connectivity index (χ2v) is 5.31. The smallest absolute Gasteiger partial charge is 0.315 e. The van der Waals surface area contributed by atoms with Gasteiger partial charge in [-0.25, -0.2) is 5.43 Å². The molecule has 0 fully saturated rings. The van der Waals surface area contributed by atoms with Crippen LogP contribution < -0.4 is 14.9 Å². The first-order valence-corrected chi connectivity index (χ1v) is 7.54. The molecule has 0 atom stereocenters. The quantitative estimate of drug-likeness (QED) is 0.432. The highest BCUT2D eigenvalue weighted by Crippen LogP contribution is 2.33. The SMILES string of the molecule is COc1cc(/C=N/NC(=O)COc2ccc(Cl)cc2)c(O)c([N+](=O)[O-])c1. The summed E-state index contributed by atoms with van der Waals surface area (Å²) in [5.74, 6) is -0.540. The number of methoxy groups -OCH3 is 1. The Balaban J connectivity index is 1.99. The maximum Gasteiger partial charge on any atom is 0.315 e. The van der Waals surface area contributed by atoms with Gasteiger partial charge in [0.2, 0.25) is 5.75 Å². The van der Waals surface area contributed by atoms with Gasteiger partial charge in [-0.1, -0.05) is 11.6 Å². The monoisotopic (exact) mass is 379 g/mol. The average molecular weight is 380 g/mol. The maximum absolute atomic E-state index is 11.7. The molecule has 2 aromatic rings. The van der Waals surface area contributed by atoms with E-state index in [0.29, 0.717) is 10.8 Å². The molecule has 1 amide bonds. The third-order valence-electron chi connectivity index (χ3n) is 3.10. The fourth-order valence-corrected chi connectivity index (χ4v) is 1.98. The van der Waals surface area contributed by atoms with Gasteiger partial charge < -0.3 is 14.6 Å². The van der Waals surface area contributed by atoms with Gasteiger partial charge >= 0.3 is 5.69 Å². The van der Waals surface area contributed by atoms with Gasteiger partial charge in [0, 0.05) is 10.6 Å². The van der Waals surface area contributed by atoms with Gasteiger partial charge in [-0.05, 0) is 30.3 Å². The number of hydrogen-bond donors (Lipinski definition) is 2. The van der Waals surface area contributed by atoms with E-state index in [1.807, 2.05) is 0 Å². The predicted octanol–water partition coefficient (Wildman–Crippen LogP) is 2.49. The van der Waals surface area contributed by atoms with E-state index in [1.165, 1.54) is 13.2 Å². The molecule has 10 heteroatoms. The van der Waals surface area contributed by atoms with Crippen LogP contribution in [-0.4, -0.2) is 35.9 Å². The van der Waals surface area contributed by atoms with Crippen LogP contribution in [0.25, 0.3) is 0 Å². The Morgan fingerprint density at radius 3 is 2.65 bits per heavy atom. The molecule has 0 unspecified atom stereocenters. The summed E-state index contributed by atoms with van der Waals surface area (Å²) < 4.78 is 10.2. The molecule has 0 saturated heterocycles. The standard InChI is InChI=1S/C16H14ClN3O6/c1-25-13-6-10(16(22)14(7-13)20(23)24)8-18-19-15(21)9-26-12-4-2-11(17)3-5-12/h2-8,22H,9H2,1H3,(H,19,21)/b18-8+. The number of amides is 1. The van der Waals surface area contributed by atoms with E-state index in [1.54, 1.807) is 24.3 Å². The van der Waals surface area contributed by atoms with E-state index < -0.39 is 22.3 Å². The second kappa shape index (κ2) is 8.67. The van der Waals surface area contributed by atoms with Crippen molar-refractivity contribution in [3.8, 4) is 17.2 Å². The van der Waals surface area contributed by atoms with Crippen molar-refractivity contribution in [2.24, 2.45) is 5.10 Å². The van der Waals surface area contributed by atoms with Crippen molar-refractivity contribution < 1.29 is 24.3 Å². The van der Waals surface area contributed by atoms with E-state index in [0.717, 1.165) is 12.3 Å². The van der Waals surface area contributed by atoms with Crippen LogP contribution in [0.5, 0.6) is 17.2 Å². The number of hydrogen-bond acceptors (Lipinski definition) is 7. The Kier molecular flexibility index (Phi) is 6.34. The van der Waals surface area contributed by atoms with Gasteiger partial charge in [0.25, 0.3) is 5.91 Å². The fourth-order valence-electron chi connectivity index (χ4n) is 1.86. The second-order valence-electron chi connectivity index (χ2n) is 4.88. The lowest BCUT2D eigenvalue weighted by atomic mass is 10.1. The van der Waals surface area contributed by atoms with Crippen LogP contribution in [0.1, 0.15) is 5.56 Å². The van der Waals surface area contributed by atoms with Crippen LogP contribution in [0.4, 0.5) is 5.69 Å². The van der Waals surface area contributed by atoms with Crippen molar-refractivity contribution in [1.29, 1.82) is 0 Å². The molecule has 0 aliphatic rings. The Bertz CT molecular complexity index is 839. The number of carbonyl (C=O) groups is 1. The molecule has 2 rings (SSSR count). The number of nitro benzene ring substituents is 1. The van der Waals surface area contributed by atoms with E-state index in [4.69, 9.17) is 21.1 Å². The molecule has 2 aromatic carbocycles. The van der Waals surface area contributed by atoms with Gasteiger partial charge in [0.1, 0.15) is 11.5 Å². The molecule has 0 aliphatic heterocycles. The highest BCUT2D eigenvalue weighted by atomic mass is 35.5. The summed E-state index contributed by atoms with van der Waals surface area (Å²) in [7, 11) is 1.33. The normalized spacial score (nSPS) is 10.5. The summed E-state index contributed by atoms with van der Waals surface area (Å²) in [5.41, 5.74) is 1.65. The number of aromatic hydroxyl groups is 1. The molecule has 0 saturated carbocycles. The molecule has 0 bridgehead atoms. The van der Waals surface area contributed by atoms with Crippen molar-refractivity contribution in [2.45, 2.75) is 0 Å². The maximum atomic E-state index is 11.7. The van der Waals surface area contributed by atoms with Crippen molar-refractivity contribution in [1.82, 2.24) is 5.43 Å². The van der Waals surface area contributed by atoms with Crippen LogP contribution >= 0.6 is 11.6 Å². The number of phenolic OH excluding ortho intramolecular Hbond substituents is 1. The Labute approximate surface area is 153 Å². The first-order chi connectivity index (χ1) is 12.4. The lowest BCUT2D eigenvalue weighted by molar-refractivity contribution is -0.385. The first-order valence-electron chi connectivity index (χ1n) is 7.16. The van der Waals surface area contributed by atoms with Crippen molar-refractivity contribution in [2.75, 3.05) is 13.7 Å². The van der Waals surface area contributed by atoms with Crippen LogP contribution in [0.3, 0.4) is 0 Å². The summed E-state index contributed by atoms with van der Waals surface area (Å²) in [6.07, 6.45) is 1.06. The molecule has 0 radical (unpaired) electrons. The first kappa shape index (κ1) is 19.0. The largest absolute Gasteiger partial charge is 0.502 e. The minimum atomic E-state index is -0.756. The number of benzene rings is 2. The molecular weight excluding hydrogens is 366 g/mol. The Hall–Kier alpha value is -3.33. The lowest BCUT2D eigenvalue weighted by Crippen LogP contribution is -2.24. The van der Waals surface area contributed by atoms with Gasteiger partial charge in [-0.3, -0.25) is 14.9 Å². The molecule has 0 aliphatic carbocycles. The van der Waals surface area contributed by atoms with E-state index in [-0.39, 0.29) is 17.9 Å². The molecule has 0 spiro atoms. The zero-order valence-corrected chi connectivity index (χ0v) is 14.3.